The molecule has 0 spiro atoms. The highest BCUT2D eigenvalue weighted by Crippen LogP contribution is 2.02. The van der Waals surface area contributed by atoms with E-state index in [1.54, 1.807) is 7.05 Å². The van der Waals surface area contributed by atoms with E-state index in [2.05, 4.69) is 20.8 Å². The number of hydrogen-bond donors (Lipinski definition) is 1. The first kappa shape index (κ1) is 12.2. The molecule has 0 unspecified atom stereocenters. The van der Waals surface area contributed by atoms with Gasteiger partial charge in [-0.1, -0.05) is 29.8 Å². The minimum Gasteiger partial charge on any atom is -0.352 e. The molecule has 0 saturated carbocycles. The lowest BCUT2D eigenvalue weighted by atomic mass is 10.1. The van der Waals surface area contributed by atoms with Gasteiger partial charge in [0, 0.05) is 13.6 Å². The minimum atomic E-state index is -0.0894. The molecule has 1 aromatic heterocycles. The molecule has 0 aliphatic rings. The van der Waals surface area contributed by atoms with Gasteiger partial charge in [0.2, 0.25) is 5.91 Å². The van der Waals surface area contributed by atoms with Crippen LogP contribution in [0.25, 0.3) is 0 Å². The molecular formula is C12H15N5O. The molecule has 1 aromatic carbocycles. The van der Waals surface area contributed by atoms with Crippen LogP contribution < -0.4 is 5.32 Å². The normalized spacial score (nSPS) is 10.3. The second-order valence-corrected chi connectivity index (χ2v) is 4.16. The van der Waals surface area contributed by atoms with Crippen LogP contribution in [-0.2, 0) is 24.8 Å². The highest BCUT2D eigenvalue weighted by Gasteiger charge is 2.08. The second-order valence-electron chi connectivity index (χ2n) is 4.16. The molecule has 2 aromatic rings. The highest BCUT2D eigenvalue weighted by molar-refractivity contribution is 5.77. The number of aromatic nitrogens is 4. The molecule has 18 heavy (non-hydrogen) atoms. The van der Waals surface area contributed by atoms with Crippen molar-refractivity contribution >= 4 is 5.91 Å². The smallest absolute Gasteiger partial charge is 0.227 e. The predicted octanol–water partition coefficient (Wildman–Crippen LogP) is 0.377. The average Bonchev–Trinajstić information content (AvgIpc) is 2.74. The summed E-state index contributed by atoms with van der Waals surface area (Å²) in [6, 6.07) is 8.04. The zero-order valence-electron chi connectivity index (χ0n) is 10.4. The topological polar surface area (TPSA) is 72.7 Å². The van der Waals surface area contributed by atoms with Crippen LogP contribution in [-0.4, -0.2) is 26.1 Å². The van der Waals surface area contributed by atoms with Crippen molar-refractivity contribution in [2.24, 2.45) is 7.05 Å². The van der Waals surface area contributed by atoms with E-state index in [-0.39, 0.29) is 12.3 Å². The maximum atomic E-state index is 11.7. The number of nitrogens with zero attached hydrogens (tertiary/aromatic N) is 4. The molecule has 0 aliphatic heterocycles. The van der Waals surface area contributed by atoms with Crippen molar-refractivity contribution in [3.63, 3.8) is 0 Å². The summed E-state index contributed by atoms with van der Waals surface area (Å²) in [7, 11) is 1.71. The van der Waals surface area contributed by atoms with E-state index in [0.29, 0.717) is 12.4 Å². The summed E-state index contributed by atoms with van der Waals surface area (Å²) in [5.74, 6) is 0.463. The number of hydrogen-bond acceptors (Lipinski definition) is 4. The quantitative estimate of drug-likeness (QED) is 0.845. The molecular weight excluding hydrogens is 230 g/mol. The van der Waals surface area contributed by atoms with Gasteiger partial charge in [-0.05, 0) is 22.9 Å². The number of amides is 1. The van der Waals surface area contributed by atoms with Gasteiger partial charge in [0.05, 0.1) is 6.42 Å². The standard InChI is InChI=1S/C12H15N5O/c1-9-3-5-10(6-4-9)8-13-12(18)7-11-14-15-16-17(11)2/h3-6H,7-8H2,1-2H3,(H,13,18). The molecule has 0 atom stereocenters. The van der Waals surface area contributed by atoms with Gasteiger partial charge in [-0.25, -0.2) is 4.68 Å². The Balaban J connectivity index is 1.85. The van der Waals surface area contributed by atoms with Crippen LogP contribution in [0.3, 0.4) is 0 Å². The molecule has 0 radical (unpaired) electrons. The van der Waals surface area contributed by atoms with Gasteiger partial charge in [-0.2, -0.15) is 0 Å². The summed E-state index contributed by atoms with van der Waals surface area (Å²) in [6.07, 6.45) is 0.190. The fourth-order valence-electron chi connectivity index (χ4n) is 1.51. The summed E-state index contributed by atoms with van der Waals surface area (Å²) in [5, 5.41) is 13.8. The summed E-state index contributed by atoms with van der Waals surface area (Å²) in [4.78, 5) is 11.7. The third kappa shape index (κ3) is 3.13. The Labute approximate surface area is 105 Å². The van der Waals surface area contributed by atoms with E-state index in [1.807, 2.05) is 31.2 Å². The van der Waals surface area contributed by atoms with E-state index in [1.165, 1.54) is 10.2 Å². The number of nitrogens with one attached hydrogen (secondary N) is 1. The van der Waals surface area contributed by atoms with E-state index in [4.69, 9.17) is 0 Å². The molecule has 0 bridgehead atoms. The van der Waals surface area contributed by atoms with Crippen LogP contribution in [0.5, 0.6) is 0 Å². The van der Waals surface area contributed by atoms with Crippen molar-refractivity contribution in [1.29, 1.82) is 0 Å². The van der Waals surface area contributed by atoms with Gasteiger partial charge in [0.15, 0.2) is 5.82 Å². The third-order valence-electron chi connectivity index (χ3n) is 2.64. The zero-order valence-corrected chi connectivity index (χ0v) is 10.4. The maximum Gasteiger partial charge on any atom is 0.227 e. The fourth-order valence-corrected chi connectivity index (χ4v) is 1.51. The number of benzene rings is 1. The van der Waals surface area contributed by atoms with Crippen molar-refractivity contribution in [1.82, 2.24) is 25.5 Å². The Kier molecular flexibility index (Phi) is 3.66. The number of aryl methyl sites for hydroxylation is 2. The average molecular weight is 245 g/mol. The summed E-state index contributed by atoms with van der Waals surface area (Å²) >= 11 is 0. The number of tetrazole rings is 1. The van der Waals surface area contributed by atoms with Crippen LogP contribution >= 0.6 is 0 Å². The Bertz CT molecular complexity index is 532. The maximum absolute atomic E-state index is 11.7. The zero-order chi connectivity index (χ0) is 13.0. The van der Waals surface area contributed by atoms with Crippen molar-refractivity contribution in [2.75, 3.05) is 0 Å². The van der Waals surface area contributed by atoms with Gasteiger partial charge in [-0.3, -0.25) is 4.79 Å². The predicted molar refractivity (Wildman–Crippen MR) is 65.5 cm³/mol. The van der Waals surface area contributed by atoms with E-state index in [0.717, 1.165) is 5.56 Å². The van der Waals surface area contributed by atoms with Crippen molar-refractivity contribution < 1.29 is 4.79 Å². The van der Waals surface area contributed by atoms with Crippen LogP contribution in [0.2, 0.25) is 0 Å². The molecule has 0 aliphatic carbocycles. The van der Waals surface area contributed by atoms with E-state index >= 15 is 0 Å². The highest BCUT2D eigenvalue weighted by atomic mass is 16.1. The summed E-state index contributed by atoms with van der Waals surface area (Å²) in [5.41, 5.74) is 2.28. The SMILES string of the molecule is Cc1ccc(CNC(=O)Cc2nnnn2C)cc1. The minimum absolute atomic E-state index is 0.0894. The first-order chi connectivity index (χ1) is 8.65. The van der Waals surface area contributed by atoms with Gasteiger partial charge < -0.3 is 5.32 Å². The Morgan fingerprint density at radius 2 is 2.06 bits per heavy atom. The number of carbonyl (C=O) groups excluding carboxylic acids is 1. The van der Waals surface area contributed by atoms with Crippen LogP contribution in [0.1, 0.15) is 17.0 Å². The van der Waals surface area contributed by atoms with Crippen LogP contribution in [0, 0.1) is 6.92 Å². The second kappa shape index (κ2) is 5.39. The van der Waals surface area contributed by atoms with Gasteiger partial charge in [0.25, 0.3) is 0 Å². The summed E-state index contributed by atoms with van der Waals surface area (Å²) in [6.45, 7) is 2.55. The number of carbonyl (C=O) groups is 1. The molecule has 0 saturated heterocycles. The number of rotatable bonds is 4. The fraction of sp³-hybridized carbons (Fsp3) is 0.333. The molecule has 2 rings (SSSR count). The third-order valence-corrected chi connectivity index (χ3v) is 2.64. The summed E-state index contributed by atoms with van der Waals surface area (Å²) < 4.78 is 1.49. The van der Waals surface area contributed by atoms with Crippen molar-refractivity contribution in [2.45, 2.75) is 19.9 Å². The Morgan fingerprint density at radius 3 is 2.67 bits per heavy atom. The molecule has 0 fully saturated rings. The Hall–Kier alpha value is -2.24. The molecule has 1 amide bonds. The Morgan fingerprint density at radius 1 is 1.33 bits per heavy atom. The van der Waals surface area contributed by atoms with E-state index < -0.39 is 0 Å². The lowest BCUT2D eigenvalue weighted by molar-refractivity contribution is -0.120. The molecule has 6 nitrogen and oxygen atoms in total. The van der Waals surface area contributed by atoms with Crippen LogP contribution in [0.4, 0.5) is 0 Å². The van der Waals surface area contributed by atoms with Gasteiger partial charge >= 0.3 is 0 Å². The lowest BCUT2D eigenvalue weighted by Crippen LogP contribution is -2.25. The van der Waals surface area contributed by atoms with Gasteiger partial charge in [-0.15, -0.1) is 5.10 Å². The van der Waals surface area contributed by atoms with Crippen molar-refractivity contribution in [3.8, 4) is 0 Å². The largest absolute Gasteiger partial charge is 0.352 e. The lowest BCUT2D eigenvalue weighted by Gasteiger charge is -2.05. The first-order valence-corrected chi connectivity index (χ1v) is 5.68. The molecule has 1 N–H and O–H groups in total. The first-order valence-electron chi connectivity index (χ1n) is 5.68. The monoisotopic (exact) mass is 245 g/mol. The van der Waals surface area contributed by atoms with E-state index in [9.17, 15) is 4.79 Å². The van der Waals surface area contributed by atoms with Crippen LogP contribution in [0.15, 0.2) is 24.3 Å². The molecule has 6 heteroatoms. The molecule has 1 heterocycles. The van der Waals surface area contributed by atoms with Crippen molar-refractivity contribution in [3.05, 3.63) is 41.2 Å². The van der Waals surface area contributed by atoms with Gasteiger partial charge in [0.1, 0.15) is 0 Å². The molecule has 94 valence electrons.